The van der Waals surface area contributed by atoms with Gasteiger partial charge in [-0.3, -0.25) is 4.79 Å². The predicted molar refractivity (Wildman–Crippen MR) is 203 cm³/mol. The van der Waals surface area contributed by atoms with Gasteiger partial charge < -0.3 is 49.8 Å². The molecule has 2 heterocycles. The second-order valence-electron chi connectivity index (χ2n) is 13.3. The number of aliphatic hydroxyl groups excluding tert-OH is 4. The summed E-state index contributed by atoms with van der Waals surface area (Å²) >= 11 is 0. The summed E-state index contributed by atoms with van der Waals surface area (Å²) in [5.74, 6) is 2.20. The van der Waals surface area contributed by atoms with Crippen molar-refractivity contribution in [1.82, 2.24) is 10.5 Å². The molecule has 0 saturated carbocycles. The molecule has 4 aromatic carbocycles. The molecule has 0 spiro atoms. The number of carbonyl (C=O) groups excluding carboxylic acids is 1. The van der Waals surface area contributed by atoms with Crippen molar-refractivity contribution in [3.05, 3.63) is 112 Å². The Hall–Kier alpha value is -5.40. The Bertz CT molecular complexity index is 2040. The number of anilines is 1. The number of aryl methyl sites for hydroxylation is 1. The third-order valence-corrected chi connectivity index (χ3v) is 9.57. The van der Waals surface area contributed by atoms with E-state index in [1.807, 2.05) is 61.5 Å². The largest absolute Gasteiger partial charge is 0.493 e. The first kappa shape index (κ1) is 38.3. The van der Waals surface area contributed by atoms with Crippen LogP contribution in [-0.2, 0) is 26.4 Å². The predicted octanol–water partition coefficient (Wildman–Crippen LogP) is 6.56. The molecule has 0 bridgehead atoms. The molecule has 1 unspecified atom stereocenters. The zero-order valence-corrected chi connectivity index (χ0v) is 30.6. The van der Waals surface area contributed by atoms with Crippen LogP contribution in [0.25, 0.3) is 22.6 Å². The van der Waals surface area contributed by atoms with Gasteiger partial charge in [-0.05, 0) is 96.6 Å². The number of hydrogen-bond donors (Lipinski definition) is 6. The van der Waals surface area contributed by atoms with E-state index in [4.69, 9.17) is 18.7 Å². The van der Waals surface area contributed by atoms with Gasteiger partial charge in [0.15, 0.2) is 17.3 Å². The van der Waals surface area contributed by atoms with Crippen molar-refractivity contribution in [3.63, 3.8) is 0 Å². The molecule has 12 heteroatoms. The summed E-state index contributed by atoms with van der Waals surface area (Å²) in [6.45, 7) is 1.96. The Morgan fingerprint density at radius 2 is 1.37 bits per heavy atom. The number of unbranched alkanes of at least 4 members (excludes halogenated alkanes) is 4. The van der Waals surface area contributed by atoms with Crippen molar-refractivity contribution in [2.24, 2.45) is 0 Å². The van der Waals surface area contributed by atoms with Crippen LogP contribution < -0.4 is 24.8 Å². The molecule has 1 atom stereocenters. The molecule has 6 N–H and O–H groups in total. The zero-order chi connectivity index (χ0) is 38.0. The quantitative estimate of drug-likeness (QED) is 0.0538. The van der Waals surface area contributed by atoms with Gasteiger partial charge in [-0.15, -0.1) is 0 Å². The lowest BCUT2D eigenvalue weighted by atomic mass is 9.97. The van der Waals surface area contributed by atoms with E-state index in [1.165, 1.54) is 0 Å². The van der Waals surface area contributed by atoms with Gasteiger partial charge in [0.1, 0.15) is 17.6 Å². The molecule has 6 rings (SSSR count). The fourth-order valence-electron chi connectivity index (χ4n) is 6.60. The number of aliphatic hydroxyl groups is 4. The molecule has 1 aliphatic heterocycles. The van der Waals surface area contributed by atoms with Crippen LogP contribution in [0.15, 0.2) is 77.3 Å². The molecule has 12 nitrogen and oxygen atoms in total. The first-order valence-corrected chi connectivity index (χ1v) is 18.2. The van der Waals surface area contributed by atoms with Crippen LogP contribution in [0.3, 0.4) is 0 Å². The monoisotopic (exact) mass is 737 g/mol. The van der Waals surface area contributed by atoms with Gasteiger partial charge >= 0.3 is 0 Å². The number of methoxy groups -OCH3 is 1. The Labute approximate surface area is 314 Å². The number of benzene rings is 4. The van der Waals surface area contributed by atoms with Gasteiger partial charge in [-0.2, -0.15) is 0 Å². The highest BCUT2D eigenvalue weighted by Crippen LogP contribution is 2.35. The van der Waals surface area contributed by atoms with E-state index in [9.17, 15) is 25.2 Å². The molecule has 5 aromatic rings. The van der Waals surface area contributed by atoms with Crippen LogP contribution in [0.4, 0.5) is 5.69 Å². The maximum Gasteiger partial charge on any atom is 0.255 e. The molecular weight excluding hydrogens is 690 g/mol. The number of ether oxygens (including phenoxy) is 3. The van der Waals surface area contributed by atoms with Crippen molar-refractivity contribution < 1.29 is 44.0 Å². The highest BCUT2D eigenvalue weighted by Gasteiger charge is 2.25. The third kappa shape index (κ3) is 8.86. The Balaban J connectivity index is 0.948. The SMILES string of the molecule is COc1ccc(-c2cc(-c3cc(CO)c(CO)c(CO)c3)no2)cc1OCCCCCCCOc1ccc(C2NC(=O)c3cc(C)ccc3N2)cc1CO. The van der Waals surface area contributed by atoms with Gasteiger partial charge in [-0.25, -0.2) is 0 Å². The zero-order valence-electron chi connectivity index (χ0n) is 30.6. The van der Waals surface area contributed by atoms with E-state index < -0.39 is 6.17 Å². The first-order chi connectivity index (χ1) is 26.3. The number of hydrogen-bond acceptors (Lipinski definition) is 11. The van der Waals surface area contributed by atoms with Gasteiger partial charge in [0.2, 0.25) is 0 Å². The van der Waals surface area contributed by atoms with Crippen molar-refractivity contribution in [1.29, 1.82) is 0 Å². The number of carbonyl (C=O) groups is 1. The average Bonchev–Trinajstić information content (AvgIpc) is 3.70. The maximum absolute atomic E-state index is 12.7. The highest BCUT2D eigenvalue weighted by molar-refractivity contribution is 6.01. The first-order valence-electron chi connectivity index (χ1n) is 18.2. The van der Waals surface area contributed by atoms with E-state index in [-0.39, 0.29) is 32.3 Å². The standard InChI is InChI=1S/C42H47N3O9/c1-26-8-11-35-33(16-26)42(50)44-41(43-35)28-10-12-37(32(17-28)24-48)52-14-6-4-3-5-7-15-53-40-20-27(9-13-38(40)51-2)39-21-36(45-54-39)29-18-30(22-46)34(25-49)31(19-29)23-47/h8-13,16-21,41,43,46-49H,3-7,14-15,22-25H2,1-2H3,(H,44,50). The topological polar surface area (TPSA) is 176 Å². The molecule has 1 aliphatic rings. The van der Waals surface area contributed by atoms with E-state index in [0.717, 1.165) is 54.5 Å². The van der Waals surface area contributed by atoms with Crippen molar-refractivity contribution >= 4 is 11.6 Å². The number of rotatable bonds is 18. The number of aromatic nitrogens is 1. The maximum atomic E-state index is 12.7. The average molecular weight is 738 g/mol. The number of amides is 1. The third-order valence-electron chi connectivity index (χ3n) is 9.57. The van der Waals surface area contributed by atoms with Crippen LogP contribution >= 0.6 is 0 Å². The Morgan fingerprint density at radius 3 is 2.06 bits per heavy atom. The summed E-state index contributed by atoms with van der Waals surface area (Å²) in [7, 11) is 1.59. The number of nitrogens with zero attached hydrogens (tertiary/aromatic N) is 1. The summed E-state index contributed by atoms with van der Waals surface area (Å²) in [6, 6.07) is 22.1. The normalized spacial score (nSPS) is 13.6. The van der Waals surface area contributed by atoms with Gasteiger partial charge in [0.25, 0.3) is 5.91 Å². The molecule has 0 radical (unpaired) electrons. The highest BCUT2D eigenvalue weighted by atomic mass is 16.5. The number of nitrogens with one attached hydrogen (secondary N) is 2. The van der Waals surface area contributed by atoms with Gasteiger partial charge in [-0.1, -0.05) is 42.1 Å². The van der Waals surface area contributed by atoms with E-state index in [1.54, 1.807) is 25.3 Å². The van der Waals surface area contributed by atoms with E-state index >= 15 is 0 Å². The Morgan fingerprint density at radius 1 is 0.685 bits per heavy atom. The summed E-state index contributed by atoms with van der Waals surface area (Å²) in [6.07, 6.45) is 4.30. The smallest absolute Gasteiger partial charge is 0.255 e. The minimum absolute atomic E-state index is 0.136. The Kier molecular flexibility index (Phi) is 12.8. The van der Waals surface area contributed by atoms with Crippen LogP contribution in [0.1, 0.15) is 82.0 Å². The molecule has 0 aliphatic carbocycles. The van der Waals surface area contributed by atoms with Gasteiger partial charge in [0, 0.05) is 28.4 Å². The van der Waals surface area contributed by atoms with Crippen LogP contribution in [0.2, 0.25) is 0 Å². The number of fused-ring (bicyclic) bond motifs is 1. The lowest BCUT2D eigenvalue weighted by molar-refractivity contribution is 0.0935. The van der Waals surface area contributed by atoms with E-state index in [0.29, 0.717) is 75.3 Å². The van der Waals surface area contributed by atoms with Crippen molar-refractivity contribution in [3.8, 4) is 39.8 Å². The molecule has 1 aromatic heterocycles. The summed E-state index contributed by atoms with van der Waals surface area (Å²) in [5, 5.41) is 49.9. The molecule has 1 amide bonds. The second-order valence-corrected chi connectivity index (χ2v) is 13.3. The van der Waals surface area contributed by atoms with Crippen LogP contribution in [-0.4, -0.2) is 51.8 Å². The molecule has 0 fully saturated rings. The minimum Gasteiger partial charge on any atom is -0.493 e. The molecular formula is C42H47N3O9. The summed E-state index contributed by atoms with van der Waals surface area (Å²) < 4.78 is 23.3. The molecule has 0 saturated heterocycles. The fourth-order valence-corrected chi connectivity index (χ4v) is 6.60. The second kappa shape index (κ2) is 18.1. The summed E-state index contributed by atoms with van der Waals surface area (Å²) in [5.41, 5.74) is 7.39. The van der Waals surface area contributed by atoms with Crippen LogP contribution in [0.5, 0.6) is 17.2 Å². The van der Waals surface area contributed by atoms with Crippen molar-refractivity contribution in [2.45, 2.75) is 71.6 Å². The van der Waals surface area contributed by atoms with E-state index in [2.05, 4.69) is 15.8 Å². The molecule has 54 heavy (non-hydrogen) atoms. The van der Waals surface area contributed by atoms with Gasteiger partial charge in [0.05, 0.1) is 52.3 Å². The summed E-state index contributed by atoms with van der Waals surface area (Å²) in [4.78, 5) is 12.7. The molecule has 284 valence electrons. The van der Waals surface area contributed by atoms with Crippen LogP contribution in [0, 0.1) is 6.92 Å². The lowest BCUT2D eigenvalue weighted by Gasteiger charge is -2.29. The fraction of sp³-hybridized carbons (Fsp3) is 0.333. The minimum atomic E-state index is -0.407. The van der Waals surface area contributed by atoms with Crippen molar-refractivity contribution in [2.75, 3.05) is 25.6 Å². The lowest BCUT2D eigenvalue weighted by Crippen LogP contribution is -2.38.